The molecule has 0 saturated carbocycles. The number of anilines is 1. The molecule has 0 bridgehead atoms. The zero-order valence-electron chi connectivity index (χ0n) is 13.9. The third kappa shape index (κ3) is 5.74. The number of thioether (sulfide) groups is 1. The Bertz CT molecular complexity index is 715. The summed E-state index contributed by atoms with van der Waals surface area (Å²) >= 11 is 1.51. The van der Waals surface area contributed by atoms with Gasteiger partial charge in [0.1, 0.15) is 0 Å². The topological polar surface area (TPSA) is 55.4 Å². The summed E-state index contributed by atoms with van der Waals surface area (Å²) in [4.78, 5) is 23.7. The van der Waals surface area contributed by atoms with Crippen molar-refractivity contribution in [1.29, 1.82) is 0 Å². The molecule has 0 atom stereocenters. The molecule has 0 radical (unpaired) electrons. The molecule has 4 nitrogen and oxygen atoms in total. The SMILES string of the molecule is CCOC(=O)c1cccc(CSCC(=O)Nc2cccc(C)c2)c1. The van der Waals surface area contributed by atoms with E-state index in [9.17, 15) is 9.59 Å². The van der Waals surface area contributed by atoms with E-state index in [4.69, 9.17) is 4.74 Å². The van der Waals surface area contributed by atoms with Gasteiger partial charge in [-0.3, -0.25) is 4.79 Å². The Hall–Kier alpha value is -2.27. The van der Waals surface area contributed by atoms with Crippen molar-refractivity contribution in [3.8, 4) is 0 Å². The fourth-order valence-corrected chi connectivity index (χ4v) is 2.96. The number of benzene rings is 2. The first-order valence-electron chi connectivity index (χ1n) is 7.79. The molecule has 1 N–H and O–H groups in total. The van der Waals surface area contributed by atoms with Gasteiger partial charge in [0.15, 0.2) is 0 Å². The van der Waals surface area contributed by atoms with Gasteiger partial charge >= 0.3 is 5.97 Å². The molecule has 0 spiro atoms. The van der Waals surface area contributed by atoms with Crippen molar-refractivity contribution in [2.45, 2.75) is 19.6 Å². The zero-order chi connectivity index (χ0) is 17.4. The minimum Gasteiger partial charge on any atom is -0.462 e. The fourth-order valence-electron chi connectivity index (χ4n) is 2.18. The maximum absolute atomic E-state index is 12.0. The van der Waals surface area contributed by atoms with Gasteiger partial charge in [-0.05, 0) is 49.2 Å². The molecule has 24 heavy (non-hydrogen) atoms. The van der Waals surface area contributed by atoms with Gasteiger partial charge in [0.2, 0.25) is 5.91 Å². The second-order valence-corrected chi connectivity index (χ2v) is 6.32. The van der Waals surface area contributed by atoms with Crippen LogP contribution in [0.3, 0.4) is 0 Å². The van der Waals surface area contributed by atoms with Crippen LogP contribution in [-0.2, 0) is 15.3 Å². The molecule has 0 aromatic heterocycles. The Balaban J connectivity index is 1.82. The van der Waals surface area contributed by atoms with Gasteiger partial charge in [-0.2, -0.15) is 0 Å². The van der Waals surface area contributed by atoms with Gasteiger partial charge < -0.3 is 10.1 Å². The van der Waals surface area contributed by atoms with Crippen LogP contribution in [0.5, 0.6) is 0 Å². The molecule has 0 fully saturated rings. The summed E-state index contributed by atoms with van der Waals surface area (Å²) < 4.78 is 4.99. The lowest BCUT2D eigenvalue weighted by molar-refractivity contribution is -0.113. The Morgan fingerprint density at radius 1 is 1.12 bits per heavy atom. The smallest absolute Gasteiger partial charge is 0.338 e. The van der Waals surface area contributed by atoms with Crippen molar-refractivity contribution in [2.24, 2.45) is 0 Å². The normalized spacial score (nSPS) is 10.2. The first kappa shape index (κ1) is 18.1. The summed E-state index contributed by atoms with van der Waals surface area (Å²) in [5, 5.41) is 2.88. The third-order valence-electron chi connectivity index (χ3n) is 3.24. The quantitative estimate of drug-likeness (QED) is 0.771. The maximum atomic E-state index is 12.0. The van der Waals surface area contributed by atoms with E-state index >= 15 is 0 Å². The van der Waals surface area contributed by atoms with Crippen molar-refractivity contribution in [2.75, 3.05) is 17.7 Å². The van der Waals surface area contributed by atoms with Gasteiger partial charge in [-0.25, -0.2) is 4.79 Å². The monoisotopic (exact) mass is 343 g/mol. The second kappa shape index (κ2) is 9.13. The lowest BCUT2D eigenvalue weighted by Crippen LogP contribution is -2.14. The van der Waals surface area contributed by atoms with Crippen molar-refractivity contribution in [3.63, 3.8) is 0 Å². The highest BCUT2D eigenvalue weighted by Crippen LogP contribution is 2.16. The molecular formula is C19H21NO3S. The molecule has 0 aliphatic carbocycles. The number of esters is 1. The molecule has 2 aromatic rings. The molecule has 126 valence electrons. The van der Waals surface area contributed by atoms with Gasteiger partial charge in [0.25, 0.3) is 0 Å². The predicted octanol–water partition coefficient (Wildman–Crippen LogP) is 4.04. The fraction of sp³-hybridized carbons (Fsp3) is 0.263. The van der Waals surface area contributed by atoms with E-state index in [-0.39, 0.29) is 11.9 Å². The Kier molecular flexibility index (Phi) is 6.88. The molecule has 0 unspecified atom stereocenters. The molecule has 0 heterocycles. The predicted molar refractivity (Wildman–Crippen MR) is 98.4 cm³/mol. The highest BCUT2D eigenvalue weighted by Gasteiger charge is 2.08. The van der Waals surface area contributed by atoms with Crippen molar-refractivity contribution >= 4 is 29.3 Å². The number of aryl methyl sites for hydroxylation is 1. The van der Waals surface area contributed by atoms with Crippen LogP contribution >= 0.6 is 11.8 Å². The number of amides is 1. The van der Waals surface area contributed by atoms with Gasteiger partial charge in [-0.1, -0.05) is 24.3 Å². The minimum atomic E-state index is -0.318. The first-order valence-corrected chi connectivity index (χ1v) is 8.94. The molecule has 2 rings (SSSR count). The maximum Gasteiger partial charge on any atom is 0.338 e. The molecule has 5 heteroatoms. The van der Waals surface area contributed by atoms with E-state index in [1.165, 1.54) is 11.8 Å². The summed E-state index contributed by atoms with van der Waals surface area (Å²) in [6, 6.07) is 15.0. The van der Waals surface area contributed by atoms with Crippen molar-refractivity contribution in [3.05, 3.63) is 65.2 Å². The van der Waals surface area contributed by atoms with E-state index < -0.39 is 0 Å². The Morgan fingerprint density at radius 3 is 2.67 bits per heavy atom. The highest BCUT2D eigenvalue weighted by atomic mass is 32.2. The number of hydrogen-bond donors (Lipinski definition) is 1. The van der Waals surface area contributed by atoms with E-state index in [1.807, 2.05) is 49.4 Å². The summed E-state index contributed by atoms with van der Waals surface area (Å²) in [6.07, 6.45) is 0. The third-order valence-corrected chi connectivity index (χ3v) is 4.25. The molecular weight excluding hydrogens is 322 g/mol. The van der Waals surface area contributed by atoms with E-state index in [1.54, 1.807) is 13.0 Å². The van der Waals surface area contributed by atoms with Crippen LogP contribution in [0, 0.1) is 6.92 Å². The molecule has 0 aliphatic rings. The summed E-state index contributed by atoms with van der Waals surface area (Å²) in [5.41, 5.74) is 3.45. The van der Waals surface area contributed by atoms with Gasteiger partial charge in [-0.15, -0.1) is 11.8 Å². The number of rotatable bonds is 7. The molecule has 1 amide bonds. The van der Waals surface area contributed by atoms with Crippen LogP contribution in [0.25, 0.3) is 0 Å². The number of nitrogens with one attached hydrogen (secondary N) is 1. The van der Waals surface area contributed by atoms with Gasteiger partial charge in [0, 0.05) is 11.4 Å². The number of carbonyl (C=O) groups is 2. The van der Waals surface area contributed by atoms with Crippen LogP contribution in [0.15, 0.2) is 48.5 Å². The number of ether oxygens (including phenoxy) is 1. The summed E-state index contributed by atoms with van der Waals surface area (Å²) in [5.74, 6) is 0.667. The second-order valence-electron chi connectivity index (χ2n) is 5.33. The van der Waals surface area contributed by atoms with Crippen molar-refractivity contribution < 1.29 is 14.3 Å². The lowest BCUT2D eigenvalue weighted by Gasteiger charge is -2.07. The molecule has 0 saturated heterocycles. The van der Waals surface area contributed by atoms with Gasteiger partial charge in [0.05, 0.1) is 17.9 Å². The van der Waals surface area contributed by atoms with Crippen molar-refractivity contribution in [1.82, 2.24) is 0 Å². The standard InChI is InChI=1S/C19H21NO3S/c1-3-23-19(22)16-8-5-7-15(11-16)12-24-13-18(21)20-17-9-4-6-14(2)10-17/h4-11H,3,12-13H2,1-2H3,(H,20,21). The van der Waals surface area contributed by atoms with E-state index in [2.05, 4.69) is 5.32 Å². The van der Waals surface area contributed by atoms with Crippen LogP contribution in [-0.4, -0.2) is 24.2 Å². The Morgan fingerprint density at radius 2 is 1.92 bits per heavy atom. The zero-order valence-corrected chi connectivity index (χ0v) is 14.7. The number of hydrogen-bond acceptors (Lipinski definition) is 4. The summed E-state index contributed by atoms with van der Waals surface area (Å²) in [6.45, 7) is 4.13. The van der Waals surface area contributed by atoms with Crippen LogP contribution in [0.1, 0.15) is 28.4 Å². The highest BCUT2D eigenvalue weighted by molar-refractivity contribution is 7.99. The average molecular weight is 343 g/mol. The molecule has 2 aromatic carbocycles. The van der Waals surface area contributed by atoms with Crippen LogP contribution in [0.4, 0.5) is 5.69 Å². The Labute approximate surface area is 146 Å². The minimum absolute atomic E-state index is 0.0350. The molecule has 0 aliphatic heterocycles. The largest absolute Gasteiger partial charge is 0.462 e. The van der Waals surface area contributed by atoms with E-state index in [0.29, 0.717) is 23.7 Å². The summed E-state index contributed by atoms with van der Waals surface area (Å²) in [7, 11) is 0. The lowest BCUT2D eigenvalue weighted by atomic mass is 10.1. The van der Waals surface area contributed by atoms with E-state index in [0.717, 1.165) is 16.8 Å². The number of carbonyl (C=O) groups excluding carboxylic acids is 2. The average Bonchev–Trinajstić information content (AvgIpc) is 2.55. The van der Waals surface area contributed by atoms with Crippen LogP contribution in [0.2, 0.25) is 0 Å². The van der Waals surface area contributed by atoms with Crippen LogP contribution < -0.4 is 5.32 Å². The first-order chi connectivity index (χ1) is 11.6.